The quantitative estimate of drug-likeness (QED) is 0.632. The lowest BCUT2D eigenvalue weighted by molar-refractivity contribution is -0.152. The van der Waals surface area contributed by atoms with Crippen LogP contribution < -0.4 is 0 Å². The molecule has 0 aromatic carbocycles. The first-order chi connectivity index (χ1) is 6.42. The van der Waals surface area contributed by atoms with E-state index in [1.807, 2.05) is 6.92 Å². The molecule has 0 unspecified atom stereocenters. The summed E-state index contributed by atoms with van der Waals surface area (Å²) < 4.78 is 4.58. The van der Waals surface area contributed by atoms with E-state index >= 15 is 0 Å². The molecule has 1 amide bonds. The van der Waals surface area contributed by atoms with Crippen LogP contribution in [-0.2, 0) is 14.3 Å². The van der Waals surface area contributed by atoms with Crippen LogP contribution in [0.1, 0.15) is 26.7 Å². The second-order valence-corrected chi connectivity index (χ2v) is 4.18. The number of amides is 1. The van der Waals surface area contributed by atoms with E-state index < -0.39 is 6.04 Å². The summed E-state index contributed by atoms with van der Waals surface area (Å²) in [5.41, 5.74) is -0.225. The second-order valence-electron chi connectivity index (χ2n) is 4.18. The van der Waals surface area contributed by atoms with Crippen molar-refractivity contribution in [2.45, 2.75) is 32.7 Å². The Kier molecular flexibility index (Phi) is 2.83. The predicted octanol–water partition coefficient (Wildman–Crippen LogP) is 0.806. The monoisotopic (exact) mass is 199 g/mol. The van der Waals surface area contributed by atoms with Gasteiger partial charge in [0.1, 0.15) is 6.04 Å². The summed E-state index contributed by atoms with van der Waals surface area (Å²) in [6, 6.07) is -0.495. The van der Waals surface area contributed by atoms with Crippen molar-refractivity contribution in [2.24, 2.45) is 5.41 Å². The highest BCUT2D eigenvalue weighted by Gasteiger charge is 2.47. The van der Waals surface area contributed by atoms with Gasteiger partial charge >= 0.3 is 5.97 Å². The van der Waals surface area contributed by atoms with E-state index in [1.54, 1.807) is 14.0 Å². The maximum Gasteiger partial charge on any atom is 0.328 e. The summed E-state index contributed by atoms with van der Waals surface area (Å²) in [5.74, 6) is -0.333. The van der Waals surface area contributed by atoms with Crippen LogP contribution in [0.25, 0.3) is 0 Å². The topological polar surface area (TPSA) is 46.6 Å². The first-order valence-electron chi connectivity index (χ1n) is 4.77. The Morgan fingerprint density at radius 2 is 1.93 bits per heavy atom. The van der Waals surface area contributed by atoms with E-state index in [0.29, 0.717) is 0 Å². The standard InChI is InChI=1S/C10H17NO3/c1-7(8(12)14-4)11(3)9(13)10(2)5-6-10/h7H,5-6H2,1-4H3/t7-/m1/s1. The highest BCUT2D eigenvalue weighted by molar-refractivity contribution is 5.89. The van der Waals surface area contributed by atoms with Crippen molar-refractivity contribution in [1.82, 2.24) is 4.90 Å². The average molecular weight is 199 g/mol. The molecule has 80 valence electrons. The molecule has 1 fully saturated rings. The number of carbonyl (C=O) groups is 2. The van der Waals surface area contributed by atoms with Gasteiger partial charge < -0.3 is 9.64 Å². The Bertz CT molecular complexity index is 258. The van der Waals surface area contributed by atoms with Gasteiger partial charge in [-0.3, -0.25) is 4.79 Å². The molecule has 0 heterocycles. The fraction of sp³-hybridized carbons (Fsp3) is 0.800. The van der Waals surface area contributed by atoms with Crippen molar-refractivity contribution in [1.29, 1.82) is 0 Å². The number of ether oxygens (including phenoxy) is 1. The number of hydrogen-bond acceptors (Lipinski definition) is 3. The van der Waals surface area contributed by atoms with Crippen LogP contribution in [0.15, 0.2) is 0 Å². The van der Waals surface area contributed by atoms with E-state index in [-0.39, 0.29) is 17.3 Å². The Balaban J connectivity index is 2.60. The van der Waals surface area contributed by atoms with Crippen molar-refractivity contribution in [3.8, 4) is 0 Å². The zero-order valence-corrected chi connectivity index (χ0v) is 9.16. The Morgan fingerprint density at radius 1 is 1.43 bits per heavy atom. The number of nitrogens with zero attached hydrogens (tertiary/aromatic N) is 1. The van der Waals surface area contributed by atoms with Crippen LogP contribution in [0.5, 0.6) is 0 Å². The fourth-order valence-electron chi connectivity index (χ4n) is 1.33. The van der Waals surface area contributed by atoms with Crippen LogP contribution in [0, 0.1) is 5.41 Å². The Morgan fingerprint density at radius 3 is 2.29 bits per heavy atom. The van der Waals surface area contributed by atoms with Crippen LogP contribution in [0.2, 0.25) is 0 Å². The van der Waals surface area contributed by atoms with Gasteiger partial charge in [0, 0.05) is 12.5 Å². The van der Waals surface area contributed by atoms with Gasteiger partial charge in [-0.2, -0.15) is 0 Å². The largest absolute Gasteiger partial charge is 0.467 e. The fourth-order valence-corrected chi connectivity index (χ4v) is 1.33. The normalized spacial score (nSPS) is 19.7. The molecule has 0 radical (unpaired) electrons. The third kappa shape index (κ3) is 1.89. The van der Waals surface area contributed by atoms with Gasteiger partial charge in [-0.25, -0.2) is 4.79 Å². The average Bonchev–Trinajstić information content (AvgIpc) is 2.93. The van der Waals surface area contributed by atoms with Gasteiger partial charge in [0.2, 0.25) is 5.91 Å². The van der Waals surface area contributed by atoms with Gasteiger partial charge in [-0.05, 0) is 19.8 Å². The summed E-state index contributed by atoms with van der Waals surface area (Å²) >= 11 is 0. The predicted molar refractivity (Wildman–Crippen MR) is 51.6 cm³/mol. The summed E-state index contributed by atoms with van der Waals surface area (Å²) in [5, 5.41) is 0. The molecule has 0 saturated heterocycles. The summed E-state index contributed by atoms with van der Waals surface area (Å²) in [7, 11) is 2.98. The zero-order valence-electron chi connectivity index (χ0n) is 9.16. The molecule has 0 N–H and O–H groups in total. The highest BCUT2D eigenvalue weighted by Crippen LogP contribution is 2.46. The minimum absolute atomic E-state index is 0.0374. The first kappa shape index (κ1) is 11.0. The number of esters is 1. The number of rotatable bonds is 3. The molecular formula is C10H17NO3. The van der Waals surface area contributed by atoms with E-state index in [4.69, 9.17) is 0 Å². The molecule has 4 heteroatoms. The van der Waals surface area contributed by atoms with Crippen LogP contribution >= 0.6 is 0 Å². The van der Waals surface area contributed by atoms with Crippen molar-refractivity contribution in [2.75, 3.05) is 14.2 Å². The van der Waals surface area contributed by atoms with Crippen molar-refractivity contribution in [3.05, 3.63) is 0 Å². The van der Waals surface area contributed by atoms with Gasteiger partial charge in [0.05, 0.1) is 7.11 Å². The van der Waals surface area contributed by atoms with E-state index in [1.165, 1.54) is 12.0 Å². The van der Waals surface area contributed by atoms with Crippen LogP contribution in [-0.4, -0.2) is 37.0 Å². The molecule has 0 spiro atoms. The molecule has 1 rings (SSSR count). The summed E-state index contributed by atoms with van der Waals surface area (Å²) in [6.45, 7) is 3.60. The first-order valence-corrected chi connectivity index (χ1v) is 4.77. The lowest BCUT2D eigenvalue weighted by atomic mass is 10.1. The van der Waals surface area contributed by atoms with E-state index in [0.717, 1.165) is 12.8 Å². The summed E-state index contributed by atoms with van der Waals surface area (Å²) in [4.78, 5) is 24.5. The molecule has 14 heavy (non-hydrogen) atoms. The van der Waals surface area contributed by atoms with E-state index in [9.17, 15) is 9.59 Å². The van der Waals surface area contributed by atoms with Gasteiger partial charge in [-0.15, -0.1) is 0 Å². The third-order valence-electron chi connectivity index (χ3n) is 2.96. The van der Waals surface area contributed by atoms with Crippen LogP contribution in [0.4, 0.5) is 0 Å². The van der Waals surface area contributed by atoms with Crippen molar-refractivity contribution >= 4 is 11.9 Å². The van der Waals surface area contributed by atoms with Crippen molar-refractivity contribution < 1.29 is 14.3 Å². The smallest absolute Gasteiger partial charge is 0.328 e. The number of methoxy groups -OCH3 is 1. The van der Waals surface area contributed by atoms with Gasteiger partial charge in [-0.1, -0.05) is 6.92 Å². The molecule has 0 aromatic heterocycles. The second kappa shape index (κ2) is 3.59. The maximum atomic E-state index is 11.8. The third-order valence-corrected chi connectivity index (χ3v) is 2.96. The lowest BCUT2D eigenvalue weighted by Crippen LogP contribution is -2.43. The lowest BCUT2D eigenvalue weighted by Gasteiger charge is -2.25. The Hall–Kier alpha value is -1.06. The molecule has 0 aromatic rings. The highest BCUT2D eigenvalue weighted by atomic mass is 16.5. The number of hydrogen-bond donors (Lipinski definition) is 0. The molecule has 4 nitrogen and oxygen atoms in total. The molecule has 1 atom stereocenters. The molecule has 1 saturated carbocycles. The summed E-state index contributed by atoms with van der Waals surface area (Å²) in [6.07, 6.45) is 1.84. The minimum atomic E-state index is -0.495. The Labute approximate surface area is 84.2 Å². The van der Waals surface area contributed by atoms with Gasteiger partial charge in [0.25, 0.3) is 0 Å². The maximum absolute atomic E-state index is 11.8. The molecular weight excluding hydrogens is 182 g/mol. The van der Waals surface area contributed by atoms with Gasteiger partial charge in [0.15, 0.2) is 0 Å². The van der Waals surface area contributed by atoms with Crippen LogP contribution in [0.3, 0.4) is 0 Å². The van der Waals surface area contributed by atoms with E-state index in [2.05, 4.69) is 4.74 Å². The number of likely N-dealkylation sites (N-methyl/N-ethyl adjacent to an activating group) is 1. The molecule has 1 aliphatic rings. The minimum Gasteiger partial charge on any atom is -0.467 e. The molecule has 0 bridgehead atoms. The number of carbonyl (C=O) groups excluding carboxylic acids is 2. The zero-order chi connectivity index (χ0) is 10.9. The molecule has 1 aliphatic carbocycles. The molecule has 0 aliphatic heterocycles. The SMILES string of the molecule is COC(=O)[C@@H](C)N(C)C(=O)C1(C)CC1. The van der Waals surface area contributed by atoms with Crippen molar-refractivity contribution in [3.63, 3.8) is 0 Å².